The number of anilines is 3. The minimum Gasteiger partial charge on any atom is -0.396 e. The summed E-state index contributed by atoms with van der Waals surface area (Å²) >= 11 is 0. The van der Waals surface area contributed by atoms with Gasteiger partial charge < -0.3 is 21.1 Å². The van der Waals surface area contributed by atoms with Gasteiger partial charge in [0.25, 0.3) is 5.91 Å². The van der Waals surface area contributed by atoms with Crippen molar-refractivity contribution in [2.75, 3.05) is 22.6 Å². The molecule has 1 aromatic carbocycles. The first kappa shape index (κ1) is 18.1. The third-order valence-electron chi connectivity index (χ3n) is 4.63. The highest BCUT2D eigenvalue weighted by molar-refractivity contribution is 6.08. The Morgan fingerprint density at radius 1 is 1.07 bits per heavy atom. The van der Waals surface area contributed by atoms with Crippen molar-refractivity contribution in [1.82, 2.24) is 4.98 Å². The van der Waals surface area contributed by atoms with Gasteiger partial charge in [0.2, 0.25) is 11.9 Å². The summed E-state index contributed by atoms with van der Waals surface area (Å²) in [7, 11) is 0. The second-order valence-electron chi connectivity index (χ2n) is 6.62. The predicted octanol–water partition coefficient (Wildman–Crippen LogP) is 3.30. The number of hydrogen-bond acceptors (Lipinski definition) is 5. The number of allylic oxidation sites excluding steroid dienone is 2. The molecule has 4 N–H and O–H groups in total. The van der Waals surface area contributed by atoms with Crippen molar-refractivity contribution in [1.29, 1.82) is 0 Å². The van der Waals surface area contributed by atoms with Gasteiger partial charge in [-0.05, 0) is 43.0 Å². The molecule has 0 spiro atoms. The fourth-order valence-electron chi connectivity index (χ4n) is 3.33. The number of hydrogen-bond donors (Lipinski definition) is 4. The number of pyridine rings is 1. The Balaban J connectivity index is 1.62. The van der Waals surface area contributed by atoms with E-state index < -0.39 is 11.9 Å². The molecule has 1 aliphatic heterocycles. The molecular formula is C20H18F2N4O2. The molecule has 144 valence electrons. The molecule has 0 atom stereocenters. The number of aliphatic hydroxyl groups excluding tert-OH is 1. The number of nitrogens with one attached hydrogen (secondary N) is 3. The van der Waals surface area contributed by atoms with Crippen LogP contribution in [0.2, 0.25) is 0 Å². The maximum Gasteiger partial charge on any atom is 0.253 e. The molecule has 1 aromatic heterocycles. The minimum atomic E-state index is -0.904. The molecule has 2 aromatic rings. The fourth-order valence-corrected chi connectivity index (χ4v) is 3.33. The van der Waals surface area contributed by atoms with Crippen LogP contribution in [-0.4, -0.2) is 22.6 Å². The molecule has 2 aliphatic rings. The molecule has 6 nitrogen and oxygen atoms in total. The molecule has 2 heterocycles. The number of rotatable bonds is 4. The molecule has 1 amide bonds. The van der Waals surface area contributed by atoms with Gasteiger partial charge in [-0.2, -0.15) is 13.8 Å². The van der Waals surface area contributed by atoms with E-state index in [9.17, 15) is 13.6 Å². The number of carbonyl (C=O) groups excluding carboxylic acids is 1. The average molecular weight is 384 g/mol. The lowest BCUT2D eigenvalue weighted by Crippen LogP contribution is -2.18. The molecule has 4 rings (SSSR count). The number of nitrogens with zero attached hydrogens (tertiary/aromatic N) is 1. The second kappa shape index (κ2) is 7.40. The summed E-state index contributed by atoms with van der Waals surface area (Å²) in [6.45, 7) is 0.0306. The van der Waals surface area contributed by atoms with E-state index >= 15 is 0 Å². The zero-order chi connectivity index (χ0) is 19.7. The van der Waals surface area contributed by atoms with E-state index in [0.29, 0.717) is 36.2 Å². The van der Waals surface area contributed by atoms with Gasteiger partial charge in [0.15, 0.2) is 0 Å². The van der Waals surface area contributed by atoms with Crippen LogP contribution in [0.15, 0.2) is 53.4 Å². The minimum absolute atomic E-state index is 0.0306. The molecule has 8 heteroatoms. The number of fused-ring (bicyclic) bond motifs is 1. The summed E-state index contributed by atoms with van der Waals surface area (Å²) in [6, 6.07) is 7.78. The Morgan fingerprint density at radius 2 is 1.86 bits per heavy atom. The quantitative estimate of drug-likeness (QED) is 0.608. The van der Waals surface area contributed by atoms with Crippen molar-refractivity contribution >= 4 is 23.0 Å². The van der Waals surface area contributed by atoms with Gasteiger partial charge in [0.1, 0.15) is 0 Å². The van der Waals surface area contributed by atoms with Gasteiger partial charge in [-0.1, -0.05) is 6.07 Å². The third-order valence-corrected chi connectivity index (χ3v) is 4.63. The van der Waals surface area contributed by atoms with Crippen LogP contribution in [0, 0.1) is 11.9 Å². The van der Waals surface area contributed by atoms with Crippen LogP contribution in [0.25, 0.3) is 0 Å². The lowest BCUT2D eigenvalue weighted by molar-refractivity contribution is -0.113. The molecule has 0 bridgehead atoms. The number of aliphatic hydroxyl groups is 1. The summed E-state index contributed by atoms with van der Waals surface area (Å²) in [4.78, 5) is 15.7. The first-order chi connectivity index (χ1) is 13.5. The SMILES string of the molecule is O=C1Nc2cc(CCO)ccc2NC2=C1CCC(Nc1cc(F)nc(F)c1)=C2. The molecule has 0 unspecified atom stereocenters. The number of carbonyl (C=O) groups is 1. The highest BCUT2D eigenvalue weighted by atomic mass is 19.1. The fraction of sp³-hybridized carbons (Fsp3) is 0.200. The van der Waals surface area contributed by atoms with Crippen LogP contribution in [0.1, 0.15) is 18.4 Å². The topological polar surface area (TPSA) is 86.3 Å². The largest absolute Gasteiger partial charge is 0.396 e. The second-order valence-corrected chi connectivity index (χ2v) is 6.62. The van der Waals surface area contributed by atoms with Gasteiger partial charge in [-0.3, -0.25) is 4.79 Å². The standard InChI is InChI=1S/C20H18F2N4O2/c21-18-9-13(10-19(22)26-18)23-12-2-3-14-16(8-12)24-15-4-1-11(5-6-27)7-17(15)25-20(14)28/h1,4,7-10,24,27H,2-3,5-6H2,(H,23,26)(H,25,28). The maximum atomic E-state index is 13.3. The molecule has 0 radical (unpaired) electrons. The molecule has 0 saturated carbocycles. The highest BCUT2D eigenvalue weighted by Gasteiger charge is 2.24. The van der Waals surface area contributed by atoms with Crippen LogP contribution in [-0.2, 0) is 11.2 Å². The average Bonchev–Trinajstić information content (AvgIpc) is 2.76. The summed E-state index contributed by atoms with van der Waals surface area (Å²) in [6.07, 6.45) is 3.26. The predicted molar refractivity (Wildman–Crippen MR) is 102 cm³/mol. The number of amides is 1. The van der Waals surface area contributed by atoms with Gasteiger partial charge >= 0.3 is 0 Å². The van der Waals surface area contributed by atoms with Crippen LogP contribution in [0.4, 0.5) is 25.8 Å². The van der Waals surface area contributed by atoms with Crippen molar-refractivity contribution < 1.29 is 18.7 Å². The lowest BCUT2D eigenvalue weighted by atomic mass is 9.99. The Bertz CT molecular complexity index is 997. The van der Waals surface area contributed by atoms with Gasteiger partial charge in [0, 0.05) is 41.4 Å². The molecular weight excluding hydrogens is 366 g/mol. The Morgan fingerprint density at radius 3 is 2.61 bits per heavy atom. The van der Waals surface area contributed by atoms with Gasteiger partial charge in [0.05, 0.1) is 11.4 Å². The van der Waals surface area contributed by atoms with Crippen molar-refractivity contribution in [3.63, 3.8) is 0 Å². The molecule has 0 fully saturated rings. The van der Waals surface area contributed by atoms with E-state index in [4.69, 9.17) is 5.11 Å². The smallest absolute Gasteiger partial charge is 0.253 e. The number of halogens is 2. The lowest BCUT2D eigenvalue weighted by Gasteiger charge is -2.19. The van der Waals surface area contributed by atoms with E-state index in [2.05, 4.69) is 20.9 Å². The van der Waals surface area contributed by atoms with Crippen molar-refractivity contribution in [2.24, 2.45) is 0 Å². The van der Waals surface area contributed by atoms with Gasteiger partial charge in [-0.15, -0.1) is 0 Å². The van der Waals surface area contributed by atoms with Crippen LogP contribution in [0.5, 0.6) is 0 Å². The van der Waals surface area contributed by atoms with Crippen LogP contribution < -0.4 is 16.0 Å². The van der Waals surface area contributed by atoms with E-state index in [-0.39, 0.29) is 18.2 Å². The molecule has 0 saturated heterocycles. The van der Waals surface area contributed by atoms with Crippen LogP contribution >= 0.6 is 0 Å². The normalized spacial score (nSPS) is 15.7. The number of benzene rings is 1. The van der Waals surface area contributed by atoms with E-state index in [0.717, 1.165) is 29.1 Å². The zero-order valence-electron chi connectivity index (χ0n) is 14.9. The van der Waals surface area contributed by atoms with Crippen molar-refractivity contribution in [3.8, 4) is 0 Å². The summed E-state index contributed by atoms with van der Waals surface area (Å²) in [5.41, 5.74) is 4.53. The first-order valence-electron chi connectivity index (χ1n) is 8.88. The molecule has 28 heavy (non-hydrogen) atoms. The Kier molecular flexibility index (Phi) is 4.79. The zero-order valence-corrected chi connectivity index (χ0v) is 14.9. The highest BCUT2D eigenvalue weighted by Crippen LogP contribution is 2.34. The van der Waals surface area contributed by atoms with Crippen molar-refractivity contribution in [3.05, 3.63) is 70.8 Å². The molecule has 1 aliphatic carbocycles. The van der Waals surface area contributed by atoms with E-state index in [1.165, 1.54) is 0 Å². The van der Waals surface area contributed by atoms with E-state index in [1.54, 1.807) is 6.08 Å². The summed E-state index contributed by atoms with van der Waals surface area (Å²) in [5.74, 6) is -2.00. The third kappa shape index (κ3) is 3.72. The monoisotopic (exact) mass is 384 g/mol. The Hall–Kier alpha value is -3.26. The Labute approximate surface area is 160 Å². The van der Waals surface area contributed by atoms with E-state index in [1.807, 2.05) is 18.2 Å². The number of aromatic nitrogens is 1. The maximum absolute atomic E-state index is 13.3. The summed E-state index contributed by atoms with van der Waals surface area (Å²) in [5, 5.41) is 18.3. The summed E-state index contributed by atoms with van der Waals surface area (Å²) < 4.78 is 26.6. The van der Waals surface area contributed by atoms with Crippen LogP contribution in [0.3, 0.4) is 0 Å². The van der Waals surface area contributed by atoms with Gasteiger partial charge in [-0.25, -0.2) is 0 Å². The first-order valence-corrected chi connectivity index (χ1v) is 8.88. The van der Waals surface area contributed by atoms with Crippen molar-refractivity contribution in [2.45, 2.75) is 19.3 Å².